The van der Waals surface area contributed by atoms with Crippen molar-refractivity contribution in [1.82, 2.24) is 4.90 Å². The molecule has 2 unspecified atom stereocenters. The first kappa shape index (κ1) is 18.2. The minimum atomic E-state index is -1.64. The smallest absolute Gasteiger partial charge is 0.410 e. The summed E-state index contributed by atoms with van der Waals surface area (Å²) in [6, 6.07) is 9.85. The van der Waals surface area contributed by atoms with Gasteiger partial charge in [0.05, 0.1) is 13.7 Å². The Morgan fingerprint density at radius 1 is 1.24 bits per heavy atom. The van der Waals surface area contributed by atoms with Gasteiger partial charge < -0.3 is 14.7 Å². The Hall–Kier alpha value is -1.59. The van der Waals surface area contributed by atoms with Crippen LogP contribution in [0.25, 0.3) is 0 Å². The van der Waals surface area contributed by atoms with Crippen molar-refractivity contribution in [2.45, 2.75) is 69.6 Å². The van der Waals surface area contributed by atoms with Gasteiger partial charge in [-0.2, -0.15) is 0 Å². The molecule has 1 aromatic carbocycles. The molecule has 2 aliphatic heterocycles. The van der Waals surface area contributed by atoms with E-state index in [1.165, 1.54) is 0 Å². The fourth-order valence-electron chi connectivity index (χ4n) is 4.26. The lowest BCUT2D eigenvalue weighted by atomic mass is 9.86. The van der Waals surface area contributed by atoms with Crippen LogP contribution in [0, 0.1) is 0 Å². The summed E-state index contributed by atoms with van der Waals surface area (Å²) in [6.45, 7) is 11.2. The number of fused-ring (bicyclic) bond motifs is 2. The predicted molar refractivity (Wildman–Crippen MR) is 102 cm³/mol. The van der Waals surface area contributed by atoms with Crippen LogP contribution < -0.4 is 0 Å². The lowest BCUT2D eigenvalue weighted by Crippen LogP contribution is -2.56. The Bertz CT molecular complexity index is 639. The second-order valence-corrected chi connectivity index (χ2v) is 13.6. The molecule has 0 aromatic heterocycles. The molecule has 2 saturated heterocycles. The molecule has 2 heterocycles. The van der Waals surface area contributed by atoms with Crippen LogP contribution in [-0.4, -0.2) is 41.9 Å². The maximum atomic E-state index is 12.6. The first-order valence-corrected chi connectivity index (χ1v) is 12.6. The first-order chi connectivity index (χ1) is 11.7. The lowest BCUT2D eigenvalue weighted by molar-refractivity contribution is -0.0213. The standard InChI is InChI=1S/C20H29NO3Si/c1-15(25(2,3)4)20(23)12-17-10-11-18(13-20)21(17)19(22)24-14-16-8-6-5-7-9-16/h5-9,17-18,23H,1,10-14H2,2-4H3. The monoisotopic (exact) mass is 359 g/mol. The minimum absolute atomic E-state index is 0.0557. The summed E-state index contributed by atoms with van der Waals surface area (Å²) in [5.41, 5.74) is 0.163. The van der Waals surface area contributed by atoms with Crippen molar-refractivity contribution >= 4 is 14.2 Å². The molecule has 1 N–H and O–H groups in total. The number of rotatable bonds is 4. The molecular weight excluding hydrogens is 330 g/mol. The number of amides is 1. The van der Waals surface area contributed by atoms with Gasteiger partial charge in [-0.1, -0.05) is 55.2 Å². The summed E-state index contributed by atoms with van der Waals surface area (Å²) in [5, 5.41) is 12.2. The highest BCUT2D eigenvalue weighted by molar-refractivity contribution is 6.83. The van der Waals surface area contributed by atoms with Gasteiger partial charge in [0.1, 0.15) is 6.61 Å². The normalized spacial score (nSPS) is 28.7. The van der Waals surface area contributed by atoms with Gasteiger partial charge in [0.15, 0.2) is 0 Å². The Balaban J connectivity index is 1.66. The maximum absolute atomic E-state index is 12.6. The van der Waals surface area contributed by atoms with E-state index in [9.17, 15) is 9.90 Å². The number of carbonyl (C=O) groups is 1. The number of carbonyl (C=O) groups excluding carboxylic acids is 1. The second kappa shape index (κ2) is 6.61. The van der Waals surface area contributed by atoms with Crippen LogP contribution in [-0.2, 0) is 11.3 Å². The van der Waals surface area contributed by atoms with E-state index in [0.29, 0.717) is 19.4 Å². The third-order valence-electron chi connectivity index (χ3n) is 5.65. The van der Waals surface area contributed by atoms with Crippen molar-refractivity contribution in [3.63, 3.8) is 0 Å². The Morgan fingerprint density at radius 2 is 1.80 bits per heavy atom. The summed E-state index contributed by atoms with van der Waals surface area (Å²) in [5.74, 6) is 0. The van der Waals surface area contributed by atoms with Crippen molar-refractivity contribution in [1.29, 1.82) is 0 Å². The molecule has 2 aliphatic rings. The SMILES string of the molecule is C=C(C1(O)CC2CCC(C1)N2C(=O)OCc1ccccc1)[Si](C)(C)C. The van der Waals surface area contributed by atoms with Crippen LogP contribution in [0.4, 0.5) is 4.79 Å². The van der Waals surface area contributed by atoms with Crippen molar-refractivity contribution in [3.05, 3.63) is 47.7 Å². The van der Waals surface area contributed by atoms with E-state index in [4.69, 9.17) is 4.74 Å². The van der Waals surface area contributed by atoms with Gasteiger partial charge in [-0.25, -0.2) is 4.79 Å². The van der Waals surface area contributed by atoms with Crippen molar-refractivity contribution < 1.29 is 14.6 Å². The van der Waals surface area contributed by atoms with Crippen molar-refractivity contribution in [3.8, 4) is 0 Å². The van der Waals surface area contributed by atoms with Gasteiger partial charge in [-0.3, -0.25) is 0 Å². The van der Waals surface area contributed by atoms with E-state index in [1.807, 2.05) is 35.2 Å². The molecule has 25 heavy (non-hydrogen) atoms. The van der Waals surface area contributed by atoms with Gasteiger partial charge in [0.25, 0.3) is 0 Å². The number of benzene rings is 1. The fraction of sp³-hybridized carbons (Fsp3) is 0.550. The van der Waals surface area contributed by atoms with Gasteiger partial charge >= 0.3 is 6.09 Å². The molecule has 136 valence electrons. The van der Waals surface area contributed by atoms with E-state index in [-0.39, 0.29) is 18.2 Å². The number of hydrogen-bond acceptors (Lipinski definition) is 3. The van der Waals surface area contributed by atoms with Gasteiger partial charge in [-0.15, -0.1) is 6.58 Å². The molecule has 0 radical (unpaired) electrons. The summed E-state index contributed by atoms with van der Waals surface area (Å²) in [7, 11) is -1.64. The maximum Gasteiger partial charge on any atom is 0.410 e. The summed E-state index contributed by atoms with van der Waals surface area (Å²) < 4.78 is 5.54. The van der Waals surface area contributed by atoms with Gasteiger partial charge in [-0.05, 0) is 18.4 Å². The minimum Gasteiger partial charge on any atom is -0.445 e. The molecule has 0 saturated carbocycles. The highest BCUT2D eigenvalue weighted by atomic mass is 28.3. The molecule has 1 aromatic rings. The average Bonchev–Trinajstić information content (AvgIpc) is 2.84. The largest absolute Gasteiger partial charge is 0.445 e. The number of hydrogen-bond donors (Lipinski definition) is 1. The van der Waals surface area contributed by atoms with E-state index in [1.54, 1.807) is 0 Å². The van der Waals surface area contributed by atoms with Crippen LogP contribution in [0.5, 0.6) is 0 Å². The Labute approximate surface area is 151 Å². The lowest BCUT2D eigenvalue weighted by Gasteiger charge is -2.46. The molecule has 0 spiro atoms. The highest BCUT2D eigenvalue weighted by Crippen LogP contribution is 2.45. The summed E-state index contributed by atoms with van der Waals surface area (Å²) in [6.07, 6.45) is 2.80. The third-order valence-corrected chi connectivity index (χ3v) is 7.93. The van der Waals surface area contributed by atoms with Crippen molar-refractivity contribution in [2.24, 2.45) is 0 Å². The Morgan fingerprint density at radius 3 is 2.32 bits per heavy atom. The molecule has 3 rings (SSSR count). The molecule has 5 heteroatoms. The molecule has 2 fully saturated rings. The van der Waals surface area contributed by atoms with Crippen LogP contribution >= 0.6 is 0 Å². The highest BCUT2D eigenvalue weighted by Gasteiger charge is 2.52. The number of nitrogens with zero attached hydrogens (tertiary/aromatic N) is 1. The quantitative estimate of drug-likeness (QED) is 0.823. The van der Waals surface area contributed by atoms with E-state index in [0.717, 1.165) is 23.6 Å². The van der Waals surface area contributed by atoms with E-state index >= 15 is 0 Å². The zero-order valence-corrected chi connectivity index (χ0v) is 16.5. The Kier molecular flexibility index (Phi) is 4.82. The zero-order chi connectivity index (χ0) is 18.2. The van der Waals surface area contributed by atoms with Crippen LogP contribution in [0.1, 0.15) is 31.2 Å². The van der Waals surface area contributed by atoms with Gasteiger partial charge in [0.2, 0.25) is 0 Å². The molecule has 4 nitrogen and oxygen atoms in total. The molecule has 0 aliphatic carbocycles. The molecule has 2 atom stereocenters. The van der Waals surface area contributed by atoms with Crippen LogP contribution in [0.3, 0.4) is 0 Å². The number of ether oxygens (including phenoxy) is 1. The molecule has 1 amide bonds. The summed E-state index contributed by atoms with van der Waals surface area (Å²) in [4.78, 5) is 14.5. The predicted octanol–water partition coefficient (Wildman–Crippen LogP) is 4.11. The number of piperidine rings is 1. The molecule has 2 bridgehead atoms. The second-order valence-electron chi connectivity index (χ2n) is 8.50. The van der Waals surface area contributed by atoms with Gasteiger partial charge in [0, 0.05) is 24.9 Å². The third kappa shape index (κ3) is 3.67. The van der Waals surface area contributed by atoms with Crippen molar-refractivity contribution in [2.75, 3.05) is 0 Å². The summed E-state index contributed by atoms with van der Waals surface area (Å²) >= 11 is 0. The topological polar surface area (TPSA) is 49.8 Å². The van der Waals surface area contributed by atoms with Crippen LogP contribution in [0.15, 0.2) is 42.1 Å². The van der Waals surface area contributed by atoms with Crippen LogP contribution in [0.2, 0.25) is 19.6 Å². The zero-order valence-electron chi connectivity index (χ0n) is 15.5. The average molecular weight is 360 g/mol. The molecular formula is C20H29NO3Si. The van der Waals surface area contributed by atoms with E-state index < -0.39 is 13.7 Å². The fourth-order valence-corrected chi connectivity index (χ4v) is 5.86. The number of aliphatic hydroxyl groups is 1. The van der Waals surface area contributed by atoms with E-state index in [2.05, 4.69) is 26.2 Å². The first-order valence-electron chi connectivity index (χ1n) is 9.12.